The molecule has 2 aliphatic carbocycles. The third-order valence-corrected chi connectivity index (χ3v) is 12.4. The quantitative estimate of drug-likeness (QED) is 0.182. The lowest BCUT2D eigenvalue weighted by Gasteiger charge is -2.30. The van der Waals surface area contributed by atoms with Crippen LogP contribution in [0.4, 0.5) is 17.1 Å². The average Bonchev–Trinajstić information content (AvgIpc) is 3.74. The zero-order chi connectivity index (χ0) is 37.1. The van der Waals surface area contributed by atoms with Crippen molar-refractivity contribution in [1.82, 2.24) is 0 Å². The molecule has 0 amide bonds. The molecule has 1 aromatic heterocycles. The van der Waals surface area contributed by atoms with Crippen molar-refractivity contribution < 1.29 is 4.42 Å². The second kappa shape index (κ2) is 11.3. The fraction of sp³-hybridized carbons (Fsp3) is 0.192. The van der Waals surface area contributed by atoms with E-state index in [9.17, 15) is 0 Å². The number of rotatable bonds is 4. The lowest BCUT2D eigenvalue weighted by atomic mass is 9.81. The largest absolute Gasteiger partial charge is 0.456 e. The number of fused-ring (bicyclic) bond motifs is 9. The fourth-order valence-corrected chi connectivity index (χ4v) is 9.61. The van der Waals surface area contributed by atoms with Crippen LogP contribution in [0.3, 0.4) is 0 Å². The minimum atomic E-state index is -0.128. The van der Waals surface area contributed by atoms with Crippen molar-refractivity contribution in [1.29, 1.82) is 0 Å². The summed E-state index contributed by atoms with van der Waals surface area (Å²) in [6, 6.07) is 54.0. The van der Waals surface area contributed by atoms with E-state index in [4.69, 9.17) is 4.42 Å². The Morgan fingerprint density at radius 2 is 1.00 bits per heavy atom. The van der Waals surface area contributed by atoms with Crippen LogP contribution in [0.2, 0.25) is 0 Å². The Morgan fingerprint density at radius 3 is 1.57 bits per heavy atom. The predicted molar refractivity (Wildman–Crippen MR) is 228 cm³/mol. The molecule has 0 bridgehead atoms. The summed E-state index contributed by atoms with van der Waals surface area (Å²) in [5, 5.41) is 2.25. The summed E-state index contributed by atoms with van der Waals surface area (Å²) in [7, 11) is 0. The first kappa shape index (κ1) is 32.8. The Bertz CT molecular complexity index is 2700. The number of nitrogens with zero attached hydrogens (tertiary/aromatic N) is 1. The lowest BCUT2D eigenvalue weighted by molar-refractivity contribution is 0.589. The van der Waals surface area contributed by atoms with E-state index in [-0.39, 0.29) is 16.2 Å². The second-order valence-electron chi connectivity index (χ2n) is 17.4. The Morgan fingerprint density at radius 1 is 0.463 bits per heavy atom. The highest BCUT2D eigenvalue weighted by Crippen LogP contribution is 2.54. The highest BCUT2D eigenvalue weighted by atomic mass is 16.3. The number of furan rings is 1. The van der Waals surface area contributed by atoms with E-state index < -0.39 is 0 Å². The summed E-state index contributed by atoms with van der Waals surface area (Å²) in [6.07, 6.45) is 0. The van der Waals surface area contributed by atoms with Crippen LogP contribution in [-0.4, -0.2) is 0 Å². The van der Waals surface area contributed by atoms with Crippen molar-refractivity contribution in [3.05, 3.63) is 173 Å². The SMILES string of the molecule is CC(C)(C)c1cc2oc3cccc(N(c4ccc5c(c4)C(C)(C)c4ccccc4-5)c4ccc5c(c4)C(C)(C)c4ccccc4-5)c3c2cc1-c1ccccc1. The summed E-state index contributed by atoms with van der Waals surface area (Å²) in [4.78, 5) is 2.48. The van der Waals surface area contributed by atoms with Crippen LogP contribution in [0.5, 0.6) is 0 Å². The molecule has 0 radical (unpaired) electrons. The number of anilines is 3. The van der Waals surface area contributed by atoms with Gasteiger partial charge in [-0.2, -0.15) is 0 Å². The molecule has 8 aromatic rings. The van der Waals surface area contributed by atoms with Crippen LogP contribution in [-0.2, 0) is 16.2 Å². The van der Waals surface area contributed by atoms with Gasteiger partial charge in [0.05, 0.1) is 11.1 Å². The smallest absolute Gasteiger partial charge is 0.137 e. The molecule has 7 aromatic carbocycles. The second-order valence-corrected chi connectivity index (χ2v) is 17.4. The maximum absolute atomic E-state index is 6.81. The molecule has 0 N–H and O–H groups in total. The molecule has 0 aliphatic heterocycles. The minimum absolute atomic E-state index is 0.0726. The molecule has 2 nitrogen and oxygen atoms in total. The normalized spacial score (nSPS) is 14.9. The zero-order valence-electron chi connectivity index (χ0n) is 32.2. The molecule has 0 fully saturated rings. The van der Waals surface area contributed by atoms with Crippen LogP contribution in [0.15, 0.2) is 150 Å². The van der Waals surface area contributed by atoms with E-state index in [2.05, 4.69) is 199 Å². The van der Waals surface area contributed by atoms with Crippen LogP contribution in [0.1, 0.15) is 76.3 Å². The minimum Gasteiger partial charge on any atom is -0.456 e. The fourth-order valence-electron chi connectivity index (χ4n) is 9.61. The van der Waals surface area contributed by atoms with Crippen LogP contribution in [0.25, 0.3) is 55.3 Å². The highest BCUT2D eigenvalue weighted by molar-refractivity contribution is 6.14. The predicted octanol–water partition coefficient (Wildman–Crippen LogP) is 14.6. The first-order valence-corrected chi connectivity index (χ1v) is 19.3. The van der Waals surface area contributed by atoms with Gasteiger partial charge in [-0.05, 0) is 115 Å². The molecule has 0 saturated heterocycles. The zero-order valence-corrected chi connectivity index (χ0v) is 32.2. The highest BCUT2D eigenvalue weighted by Gasteiger charge is 2.38. The molecule has 10 rings (SSSR count). The number of hydrogen-bond donors (Lipinski definition) is 0. The van der Waals surface area contributed by atoms with Crippen molar-refractivity contribution in [3.63, 3.8) is 0 Å². The summed E-state index contributed by atoms with van der Waals surface area (Å²) in [5.41, 5.74) is 19.4. The van der Waals surface area contributed by atoms with Crippen LogP contribution < -0.4 is 4.90 Å². The molecule has 264 valence electrons. The van der Waals surface area contributed by atoms with Crippen molar-refractivity contribution in [2.75, 3.05) is 4.90 Å². The molecular weight excluding hydrogens is 655 g/mol. The number of hydrogen-bond acceptors (Lipinski definition) is 2. The van der Waals surface area contributed by atoms with Crippen molar-refractivity contribution in [2.24, 2.45) is 0 Å². The summed E-state index contributed by atoms with van der Waals surface area (Å²) < 4.78 is 6.81. The van der Waals surface area contributed by atoms with E-state index in [1.165, 1.54) is 61.2 Å². The molecule has 2 aliphatic rings. The average molecular weight is 700 g/mol. The van der Waals surface area contributed by atoms with Crippen molar-refractivity contribution in [2.45, 2.75) is 64.7 Å². The van der Waals surface area contributed by atoms with Gasteiger partial charge in [0.2, 0.25) is 0 Å². The van der Waals surface area contributed by atoms with E-state index >= 15 is 0 Å². The van der Waals surface area contributed by atoms with E-state index in [1.807, 2.05) is 0 Å². The van der Waals surface area contributed by atoms with E-state index in [0.29, 0.717) is 0 Å². The maximum Gasteiger partial charge on any atom is 0.137 e. The van der Waals surface area contributed by atoms with E-state index in [0.717, 1.165) is 39.0 Å². The molecule has 0 saturated carbocycles. The summed E-state index contributed by atoms with van der Waals surface area (Å²) in [6.45, 7) is 16.3. The Balaban J connectivity index is 1.25. The van der Waals surface area contributed by atoms with Gasteiger partial charge < -0.3 is 9.32 Å². The van der Waals surface area contributed by atoms with Gasteiger partial charge in [0.15, 0.2) is 0 Å². The Labute approximate surface area is 318 Å². The summed E-state index contributed by atoms with van der Waals surface area (Å²) >= 11 is 0. The van der Waals surface area contributed by atoms with Gasteiger partial charge in [-0.1, -0.05) is 146 Å². The van der Waals surface area contributed by atoms with Gasteiger partial charge in [-0.25, -0.2) is 0 Å². The monoisotopic (exact) mass is 699 g/mol. The molecule has 1 heterocycles. The van der Waals surface area contributed by atoms with Crippen molar-refractivity contribution >= 4 is 39.0 Å². The maximum atomic E-state index is 6.81. The van der Waals surface area contributed by atoms with Gasteiger partial charge in [0.25, 0.3) is 0 Å². The topological polar surface area (TPSA) is 16.4 Å². The first-order valence-electron chi connectivity index (χ1n) is 19.3. The van der Waals surface area contributed by atoms with Gasteiger partial charge >= 0.3 is 0 Å². The molecule has 54 heavy (non-hydrogen) atoms. The van der Waals surface area contributed by atoms with Crippen LogP contribution in [0, 0.1) is 0 Å². The number of benzene rings is 7. The van der Waals surface area contributed by atoms with Gasteiger partial charge in [-0.15, -0.1) is 0 Å². The first-order chi connectivity index (χ1) is 25.9. The summed E-state index contributed by atoms with van der Waals surface area (Å²) in [5.74, 6) is 0. The standard InChI is InChI=1S/C52H45NO/c1-50(2,3)43-31-48-40(30-39(43)32-16-9-8-10-17-32)49-46(22-15-23-47(49)54-48)53(33-24-26-37-35-18-11-13-20-41(35)51(4,5)44(37)28-33)34-25-27-38-36-19-12-14-21-42(36)52(6,7)45(38)29-34/h8-31H,1-7H3. The third-order valence-electron chi connectivity index (χ3n) is 12.4. The Kier molecular flexibility index (Phi) is 6.87. The van der Waals surface area contributed by atoms with Gasteiger partial charge in [-0.3, -0.25) is 0 Å². The molecule has 0 atom stereocenters. The van der Waals surface area contributed by atoms with Gasteiger partial charge in [0.1, 0.15) is 11.2 Å². The molecule has 0 spiro atoms. The third kappa shape index (κ3) is 4.65. The lowest BCUT2D eigenvalue weighted by Crippen LogP contribution is -2.18. The van der Waals surface area contributed by atoms with E-state index in [1.54, 1.807) is 0 Å². The Hall–Kier alpha value is -5.86. The van der Waals surface area contributed by atoms with Gasteiger partial charge in [0, 0.05) is 27.6 Å². The van der Waals surface area contributed by atoms with Crippen molar-refractivity contribution in [3.8, 4) is 33.4 Å². The van der Waals surface area contributed by atoms with Crippen LogP contribution >= 0.6 is 0 Å². The molecule has 0 unspecified atom stereocenters. The molecular formula is C52H45NO. The molecule has 2 heteroatoms.